The van der Waals surface area contributed by atoms with Crippen LogP contribution in [0.15, 0.2) is 162 Å². The van der Waals surface area contributed by atoms with Crippen molar-refractivity contribution in [1.29, 1.82) is 0 Å². The fourth-order valence-corrected chi connectivity index (χ4v) is 9.92. The first-order valence-corrected chi connectivity index (χ1v) is 21.0. The van der Waals surface area contributed by atoms with Crippen LogP contribution in [0.5, 0.6) is 0 Å². The average Bonchev–Trinajstić information content (AvgIpc) is 3.81. The molecule has 3 aromatic heterocycles. The van der Waals surface area contributed by atoms with Gasteiger partial charge >= 0.3 is 0 Å². The second-order valence-electron chi connectivity index (χ2n) is 17.9. The zero-order valence-electron chi connectivity index (χ0n) is 34.1. The zero-order valence-corrected chi connectivity index (χ0v) is 34.1. The zero-order chi connectivity index (χ0) is 40.3. The molecule has 0 saturated carbocycles. The fraction of sp³-hybridized carbons (Fsp3) is 0.145. The first-order chi connectivity index (χ1) is 29.2. The summed E-state index contributed by atoms with van der Waals surface area (Å²) >= 11 is 0. The maximum Gasteiger partial charge on any atom is 0.164 e. The van der Waals surface area contributed by atoms with Crippen LogP contribution in [0.2, 0.25) is 0 Å². The lowest BCUT2D eigenvalue weighted by molar-refractivity contribution is 0.334. The Morgan fingerprint density at radius 3 is 1.92 bits per heavy atom. The molecule has 0 spiro atoms. The largest absolute Gasteiger partial charge is 0.456 e. The highest BCUT2D eigenvalue weighted by molar-refractivity contribution is 6.15. The second-order valence-corrected chi connectivity index (χ2v) is 17.9. The van der Waals surface area contributed by atoms with Crippen LogP contribution in [0.3, 0.4) is 0 Å². The van der Waals surface area contributed by atoms with Crippen LogP contribution in [-0.2, 0) is 10.8 Å². The number of benzene rings is 8. The summed E-state index contributed by atoms with van der Waals surface area (Å²) in [5, 5.41) is 9.48. The van der Waals surface area contributed by atoms with Gasteiger partial charge in [-0.25, -0.2) is 15.0 Å². The number of hydrogen-bond donors (Lipinski definition) is 0. The van der Waals surface area contributed by atoms with E-state index in [4.69, 9.17) is 19.4 Å². The van der Waals surface area contributed by atoms with Crippen molar-refractivity contribution >= 4 is 65.3 Å². The molecule has 288 valence electrons. The van der Waals surface area contributed by atoms with E-state index < -0.39 is 0 Å². The minimum Gasteiger partial charge on any atom is -0.456 e. The van der Waals surface area contributed by atoms with Gasteiger partial charge in [0.15, 0.2) is 17.5 Å². The van der Waals surface area contributed by atoms with Gasteiger partial charge in [0.2, 0.25) is 0 Å². The van der Waals surface area contributed by atoms with E-state index in [0.717, 1.165) is 61.5 Å². The molecule has 0 saturated heterocycles. The average molecular weight is 775 g/mol. The standard InChI is InChI=1S/C55H42N4O/c1-54(2)26-27-55(3,4)49-45(54)24-23-42-43-30-35-14-8-9-15-36(35)32-46(43)59(50(42)49)40-22-20-33-18-19-37(28-39(33)29-40)52-56-51(34-12-6-5-7-13-34)57-53(58-52)38-21-25-48-44(31-38)41-16-10-11-17-47(41)60-48/h5-25,28-32H,26-27H2,1-4H3. The first kappa shape index (κ1) is 34.9. The van der Waals surface area contributed by atoms with Gasteiger partial charge in [-0.15, -0.1) is 0 Å². The molecule has 8 aromatic carbocycles. The lowest BCUT2D eigenvalue weighted by Crippen LogP contribution is -2.34. The van der Waals surface area contributed by atoms with Gasteiger partial charge in [0.25, 0.3) is 0 Å². The van der Waals surface area contributed by atoms with Crippen molar-refractivity contribution in [1.82, 2.24) is 19.5 Å². The van der Waals surface area contributed by atoms with Gasteiger partial charge in [-0.2, -0.15) is 0 Å². The monoisotopic (exact) mass is 774 g/mol. The molecule has 0 unspecified atom stereocenters. The molecule has 60 heavy (non-hydrogen) atoms. The van der Waals surface area contributed by atoms with Crippen molar-refractivity contribution in [2.45, 2.75) is 51.4 Å². The lowest BCUT2D eigenvalue weighted by Gasteiger charge is -2.42. The van der Waals surface area contributed by atoms with Crippen LogP contribution < -0.4 is 0 Å². The van der Waals surface area contributed by atoms with E-state index in [0.29, 0.717) is 17.5 Å². The van der Waals surface area contributed by atoms with E-state index in [1.54, 1.807) is 0 Å². The molecule has 3 heterocycles. The molecule has 0 fully saturated rings. The van der Waals surface area contributed by atoms with Crippen molar-refractivity contribution in [3.8, 4) is 39.9 Å². The Morgan fingerprint density at radius 1 is 0.450 bits per heavy atom. The summed E-state index contributed by atoms with van der Waals surface area (Å²) in [5.74, 6) is 1.88. The minimum absolute atomic E-state index is 0.0159. The molecule has 0 aliphatic heterocycles. The van der Waals surface area contributed by atoms with Crippen molar-refractivity contribution in [2.75, 3.05) is 0 Å². The van der Waals surface area contributed by atoms with Crippen LogP contribution in [-0.4, -0.2) is 19.5 Å². The van der Waals surface area contributed by atoms with Crippen molar-refractivity contribution in [3.63, 3.8) is 0 Å². The lowest BCUT2D eigenvalue weighted by atomic mass is 9.62. The summed E-state index contributed by atoms with van der Waals surface area (Å²) in [5.41, 5.74) is 11.2. The van der Waals surface area contributed by atoms with E-state index in [-0.39, 0.29) is 10.8 Å². The highest BCUT2D eigenvalue weighted by Crippen LogP contribution is 2.51. The summed E-state index contributed by atoms with van der Waals surface area (Å²) in [7, 11) is 0. The minimum atomic E-state index is 0.0159. The second kappa shape index (κ2) is 12.7. The SMILES string of the molecule is CC1(C)CCC(C)(C)c2c1ccc1c3cc4ccccc4cc3n(-c3ccc4ccc(-c5nc(-c6ccccc6)nc(-c6ccc7oc8ccccc8c7c6)n5)cc4c3)c21. The summed E-state index contributed by atoms with van der Waals surface area (Å²) < 4.78 is 8.72. The smallest absolute Gasteiger partial charge is 0.164 e. The van der Waals surface area contributed by atoms with Crippen molar-refractivity contribution < 1.29 is 4.42 Å². The van der Waals surface area contributed by atoms with Gasteiger partial charge in [0, 0.05) is 43.9 Å². The number of nitrogens with zero attached hydrogens (tertiary/aromatic N) is 4. The first-order valence-electron chi connectivity index (χ1n) is 21.0. The number of rotatable bonds is 4. The topological polar surface area (TPSA) is 56.7 Å². The number of furan rings is 1. The molecule has 0 N–H and O–H groups in total. The van der Waals surface area contributed by atoms with Crippen LogP contribution in [0.4, 0.5) is 0 Å². The van der Waals surface area contributed by atoms with E-state index in [9.17, 15) is 0 Å². The Bertz CT molecular complexity index is 3550. The van der Waals surface area contributed by atoms with E-state index >= 15 is 0 Å². The quantitative estimate of drug-likeness (QED) is 0.179. The van der Waals surface area contributed by atoms with Crippen LogP contribution in [0.1, 0.15) is 51.7 Å². The summed E-state index contributed by atoms with van der Waals surface area (Å²) in [6, 6.07) is 56.3. The third-order valence-corrected chi connectivity index (χ3v) is 13.2. The Kier molecular flexibility index (Phi) is 7.38. The molecule has 1 aliphatic carbocycles. The molecule has 0 amide bonds. The van der Waals surface area contributed by atoms with Crippen molar-refractivity contribution in [2.24, 2.45) is 0 Å². The van der Waals surface area contributed by atoms with Crippen LogP contribution >= 0.6 is 0 Å². The Hall–Kier alpha value is -7.11. The molecule has 0 bridgehead atoms. The molecule has 1 aliphatic rings. The number of fused-ring (bicyclic) bond motifs is 10. The van der Waals surface area contributed by atoms with E-state index in [1.807, 2.05) is 48.5 Å². The Balaban J connectivity index is 1.07. The summed E-state index contributed by atoms with van der Waals surface area (Å²) in [6.07, 6.45) is 2.31. The molecule has 5 nitrogen and oxygen atoms in total. The fourth-order valence-electron chi connectivity index (χ4n) is 9.92. The van der Waals surface area contributed by atoms with Gasteiger partial charge in [0.1, 0.15) is 11.2 Å². The number of hydrogen-bond acceptors (Lipinski definition) is 4. The molecular weight excluding hydrogens is 733 g/mol. The normalized spacial score (nSPS) is 14.8. The van der Waals surface area contributed by atoms with Crippen molar-refractivity contribution in [3.05, 3.63) is 169 Å². The highest BCUT2D eigenvalue weighted by Gasteiger charge is 2.39. The third-order valence-electron chi connectivity index (χ3n) is 13.2. The Labute approximate surface area is 348 Å². The predicted octanol–water partition coefficient (Wildman–Crippen LogP) is 14.5. The van der Waals surface area contributed by atoms with Crippen LogP contribution in [0.25, 0.3) is 105 Å². The third kappa shape index (κ3) is 5.35. The molecule has 0 radical (unpaired) electrons. The predicted molar refractivity (Wildman–Crippen MR) is 248 cm³/mol. The molecular formula is C55H42N4O. The molecule has 5 heteroatoms. The van der Waals surface area contributed by atoms with Gasteiger partial charge in [-0.1, -0.05) is 131 Å². The van der Waals surface area contributed by atoms with Gasteiger partial charge in [0.05, 0.1) is 11.0 Å². The van der Waals surface area contributed by atoms with E-state index in [2.05, 4.69) is 141 Å². The number of aromatic nitrogens is 4. The maximum atomic E-state index is 6.16. The van der Waals surface area contributed by atoms with Gasteiger partial charge < -0.3 is 8.98 Å². The van der Waals surface area contributed by atoms with Gasteiger partial charge in [-0.3, -0.25) is 0 Å². The Morgan fingerprint density at radius 2 is 1.10 bits per heavy atom. The van der Waals surface area contributed by atoms with E-state index in [1.165, 1.54) is 50.1 Å². The van der Waals surface area contributed by atoms with Gasteiger partial charge in [-0.05, 0) is 111 Å². The highest BCUT2D eigenvalue weighted by atomic mass is 16.3. The molecule has 11 aromatic rings. The molecule has 0 atom stereocenters. The summed E-state index contributed by atoms with van der Waals surface area (Å²) in [4.78, 5) is 15.4. The molecule has 12 rings (SSSR count). The maximum absolute atomic E-state index is 6.16. The van der Waals surface area contributed by atoms with Crippen LogP contribution in [0, 0.1) is 0 Å². The summed E-state index contributed by atoms with van der Waals surface area (Å²) in [6.45, 7) is 9.71. The number of para-hydroxylation sites is 1.